The molecular formula is C10H12BrN5S. The van der Waals surface area contributed by atoms with Gasteiger partial charge in [-0.05, 0) is 46.7 Å². The highest BCUT2D eigenvalue weighted by Gasteiger charge is 2.17. The molecule has 0 saturated carbocycles. The van der Waals surface area contributed by atoms with Crippen LogP contribution < -0.4 is 10.6 Å². The summed E-state index contributed by atoms with van der Waals surface area (Å²) in [7, 11) is 1.81. The number of aromatic nitrogens is 3. The number of aryl methyl sites for hydroxylation is 1. The molecular weight excluding hydrogens is 302 g/mol. The Bertz CT molecular complexity index is 579. The molecule has 2 aromatic heterocycles. The standard InChI is InChI=1S/C10H12BrN5S/c1-3-6-9(15(2)10(12)17)16-8(13-6)5-4-7(11)14-16/h4-5H,3H2,1-2H3,(H2,12,17). The van der Waals surface area contributed by atoms with E-state index in [9.17, 15) is 0 Å². The number of halogens is 1. The van der Waals surface area contributed by atoms with Crippen LogP contribution in [0, 0.1) is 0 Å². The minimum absolute atomic E-state index is 0.295. The minimum Gasteiger partial charge on any atom is -0.376 e. The van der Waals surface area contributed by atoms with Crippen LogP contribution >= 0.6 is 28.1 Å². The molecule has 17 heavy (non-hydrogen) atoms. The van der Waals surface area contributed by atoms with E-state index in [1.165, 1.54) is 0 Å². The number of hydrogen-bond donors (Lipinski definition) is 1. The van der Waals surface area contributed by atoms with E-state index in [1.54, 1.807) is 9.42 Å². The molecule has 0 bridgehead atoms. The maximum Gasteiger partial charge on any atom is 0.171 e. The van der Waals surface area contributed by atoms with E-state index in [0.29, 0.717) is 5.11 Å². The van der Waals surface area contributed by atoms with Gasteiger partial charge in [-0.2, -0.15) is 9.61 Å². The third-order valence-corrected chi connectivity index (χ3v) is 3.17. The van der Waals surface area contributed by atoms with E-state index in [4.69, 9.17) is 18.0 Å². The Morgan fingerprint density at radius 1 is 1.59 bits per heavy atom. The molecule has 7 heteroatoms. The monoisotopic (exact) mass is 313 g/mol. The summed E-state index contributed by atoms with van der Waals surface area (Å²) in [4.78, 5) is 6.21. The number of imidazole rings is 1. The van der Waals surface area contributed by atoms with Crippen LogP contribution in [0.2, 0.25) is 0 Å². The van der Waals surface area contributed by atoms with Crippen LogP contribution in [0.5, 0.6) is 0 Å². The smallest absolute Gasteiger partial charge is 0.171 e. The lowest BCUT2D eigenvalue weighted by Crippen LogP contribution is -2.33. The average Bonchev–Trinajstić information content (AvgIpc) is 2.65. The van der Waals surface area contributed by atoms with Gasteiger partial charge in [0.1, 0.15) is 4.60 Å². The number of nitrogens with two attached hydrogens (primary N) is 1. The molecule has 0 aliphatic carbocycles. The molecule has 0 radical (unpaired) electrons. The van der Waals surface area contributed by atoms with Crippen LogP contribution in [0.25, 0.3) is 5.65 Å². The second kappa shape index (κ2) is 4.58. The lowest BCUT2D eigenvalue weighted by Gasteiger charge is -2.16. The Balaban J connectivity index is 2.72. The van der Waals surface area contributed by atoms with Crippen LogP contribution in [0.3, 0.4) is 0 Å². The first-order valence-corrected chi connectivity index (χ1v) is 6.32. The molecule has 0 atom stereocenters. The summed E-state index contributed by atoms with van der Waals surface area (Å²) in [5.74, 6) is 0.816. The first-order valence-electron chi connectivity index (χ1n) is 5.12. The quantitative estimate of drug-likeness (QED) is 0.856. The van der Waals surface area contributed by atoms with Gasteiger partial charge in [0.2, 0.25) is 0 Å². The third-order valence-electron chi connectivity index (χ3n) is 2.47. The summed E-state index contributed by atoms with van der Waals surface area (Å²) >= 11 is 8.33. The van der Waals surface area contributed by atoms with Gasteiger partial charge in [0.25, 0.3) is 0 Å². The first kappa shape index (κ1) is 12.3. The predicted molar refractivity (Wildman–Crippen MR) is 75.3 cm³/mol. The molecule has 2 N–H and O–H groups in total. The Hall–Kier alpha value is -1.21. The molecule has 0 spiro atoms. The van der Waals surface area contributed by atoms with Crippen LogP contribution in [0.4, 0.5) is 5.82 Å². The number of fused-ring (bicyclic) bond motifs is 1. The Kier molecular flexibility index (Phi) is 3.30. The van der Waals surface area contributed by atoms with Crippen molar-refractivity contribution in [3.05, 3.63) is 22.4 Å². The fourth-order valence-electron chi connectivity index (χ4n) is 1.62. The molecule has 0 aliphatic rings. The summed E-state index contributed by atoms with van der Waals surface area (Å²) in [5, 5.41) is 4.66. The highest BCUT2D eigenvalue weighted by atomic mass is 79.9. The third kappa shape index (κ3) is 2.12. The van der Waals surface area contributed by atoms with Crippen molar-refractivity contribution in [3.63, 3.8) is 0 Å². The van der Waals surface area contributed by atoms with Crippen molar-refractivity contribution in [2.24, 2.45) is 5.73 Å². The molecule has 5 nitrogen and oxygen atoms in total. The van der Waals surface area contributed by atoms with Gasteiger partial charge < -0.3 is 10.6 Å². The number of hydrogen-bond acceptors (Lipinski definition) is 3. The zero-order valence-electron chi connectivity index (χ0n) is 9.51. The van der Waals surface area contributed by atoms with Gasteiger partial charge in [-0.1, -0.05) is 6.92 Å². The second-order valence-electron chi connectivity index (χ2n) is 3.56. The maximum atomic E-state index is 5.66. The number of rotatable bonds is 2. The van der Waals surface area contributed by atoms with Crippen molar-refractivity contribution in [3.8, 4) is 0 Å². The van der Waals surface area contributed by atoms with Gasteiger partial charge in [-0.3, -0.25) is 0 Å². The Labute approximate surface area is 113 Å². The lowest BCUT2D eigenvalue weighted by molar-refractivity contribution is 0.897. The normalized spacial score (nSPS) is 10.8. The highest BCUT2D eigenvalue weighted by molar-refractivity contribution is 9.10. The molecule has 2 aromatic rings. The van der Waals surface area contributed by atoms with E-state index in [0.717, 1.165) is 28.2 Å². The fraction of sp³-hybridized carbons (Fsp3) is 0.300. The van der Waals surface area contributed by atoms with Gasteiger partial charge in [0.15, 0.2) is 16.6 Å². The second-order valence-corrected chi connectivity index (χ2v) is 4.79. The van der Waals surface area contributed by atoms with Crippen LogP contribution in [-0.4, -0.2) is 26.8 Å². The van der Waals surface area contributed by atoms with Crippen molar-refractivity contribution < 1.29 is 0 Å². The Morgan fingerprint density at radius 2 is 2.29 bits per heavy atom. The van der Waals surface area contributed by atoms with Gasteiger partial charge >= 0.3 is 0 Å². The summed E-state index contributed by atoms with van der Waals surface area (Å²) in [5.41, 5.74) is 7.36. The SMILES string of the molecule is CCc1nc2ccc(Br)nn2c1N(C)C(N)=S. The van der Waals surface area contributed by atoms with Crippen LogP contribution in [0.15, 0.2) is 16.7 Å². The number of nitrogens with zero attached hydrogens (tertiary/aromatic N) is 4. The van der Waals surface area contributed by atoms with E-state index in [-0.39, 0.29) is 0 Å². The van der Waals surface area contributed by atoms with Gasteiger partial charge in [0, 0.05) is 7.05 Å². The molecule has 2 rings (SSSR count). The molecule has 0 aliphatic heterocycles. The highest BCUT2D eigenvalue weighted by Crippen LogP contribution is 2.22. The zero-order chi connectivity index (χ0) is 12.6. The van der Waals surface area contributed by atoms with Crippen molar-refractivity contribution in [2.75, 3.05) is 11.9 Å². The van der Waals surface area contributed by atoms with Crippen molar-refractivity contribution in [1.82, 2.24) is 14.6 Å². The van der Waals surface area contributed by atoms with Gasteiger partial charge in [-0.15, -0.1) is 0 Å². The molecule has 0 fully saturated rings. The number of anilines is 1. The van der Waals surface area contributed by atoms with Crippen LogP contribution in [0.1, 0.15) is 12.6 Å². The molecule has 2 heterocycles. The zero-order valence-corrected chi connectivity index (χ0v) is 11.9. The van der Waals surface area contributed by atoms with E-state index >= 15 is 0 Å². The summed E-state index contributed by atoms with van der Waals surface area (Å²) in [6, 6.07) is 3.75. The topological polar surface area (TPSA) is 59.5 Å². The van der Waals surface area contributed by atoms with E-state index in [2.05, 4.69) is 26.0 Å². The Morgan fingerprint density at radius 3 is 2.88 bits per heavy atom. The van der Waals surface area contributed by atoms with Gasteiger partial charge in [0.05, 0.1) is 5.69 Å². The molecule has 90 valence electrons. The molecule has 0 saturated heterocycles. The van der Waals surface area contributed by atoms with Crippen molar-refractivity contribution >= 4 is 44.7 Å². The minimum atomic E-state index is 0.295. The number of thiocarbonyl (C=S) groups is 1. The summed E-state index contributed by atoms with van der Waals surface area (Å²) in [6.45, 7) is 2.04. The first-order chi connectivity index (χ1) is 8.04. The molecule has 0 unspecified atom stereocenters. The lowest BCUT2D eigenvalue weighted by atomic mass is 10.3. The van der Waals surface area contributed by atoms with E-state index < -0.39 is 0 Å². The largest absolute Gasteiger partial charge is 0.376 e. The predicted octanol–water partition coefficient (Wildman–Crippen LogP) is 1.73. The fourth-order valence-corrected chi connectivity index (χ4v) is 2.00. The van der Waals surface area contributed by atoms with E-state index in [1.807, 2.05) is 26.1 Å². The van der Waals surface area contributed by atoms with Gasteiger partial charge in [-0.25, -0.2) is 4.98 Å². The molecule has 0 amide bonds. The van der Waals surface area contributed by atoms with Crippen LogP contribution in [-0.2, 0) is 6.42 Å². The summed E-state index contributed by atoms with van der Waals surface area (Å²) < 4.78 is 2.48. The van der Waals surface area contributed by atoms with Crippen molar-refractivity contribution in [1.29, 1.82) is 0 Å². The maximum absolute atomic E-state index is 5.66. The average molecular weight is 314 g/mol. The molecule has 0 aromatic carbocycles. The van der Waals surface area contributed by atoms with Crippen molar-refractivity contribution in [2.45, 2.75) is 13.3 Å². The summed E-state index contributed by atoms with van der Waals surface area (Å²) in [6.07, 6.45) is 0.795.